The van der Waals surface area contributed by atoms with Crippen LogP contribution in [0.5, 0.6) is 5.75 Å². The number of rotatable bonds is 9. The second-order valence-corrected chi connectivity index (χ2v) is 6.06. The van der Waals surface area contributed by atoms with Crippen LogP contribution in [0.2, 0.25) is 5.02 Å². The van der Waals surface area contributed by atoms with E-state index in [4.69, 9.17) is 16.3 Å². The summed E-state index contributed by atoms with van der Waals surface area (Å²) >= 11 is 6.03. The molecule has 0 spiro atoms. The largest absolute Gasteiger partial charge is 0.483 e. The van der Waals surface area contributed by atoms with E-state index in [0.717, 1.165) is 0 Å². The average molecular weight is 385 g/mol. The first-order valence-electron chi connectivity index (χ1n) is 8.33. The van der Waals surface area contributed by atoms with E-state index < -0.39 is 0 Å². The van der Waals surface area contributed by atoms with Gasteiger partial charge in [0, 0.05) is 23.8 Å². The Balaban J connectivity index is 2.13. The number of amides is 2. The lowest BCUT2D eigenvalue weighted by Crippen LogP contribution is -2.35. The summed E-state index contributed by atoms with van der Waals surface area (Å²) in [6, 6.07) is 13.7. The molecule has 2 aromatic rings. The Morgan fingerprint density at radius 3 is 2.37 bits per heavy atom. The van der Waals surface area contributed by atoms with Gasteiger partial charge in [-0.2, -0.15) is 0 Å². The molecule has 0 bridgehead atoms. The van der Waals surface area contributed by atoms with Crippen molar-refractivity contribution in [3.05, 3.63) is 84.4 Å². The van der Waals surface area contributed by atoms with Crippen LogP contribution in [-0.4, -0.2) is 36.4 Å². The van der Waals surface area contributed by atoms with Gasteiger partial charge in [0.05, 0.1) is 5.56 Å². The third kappa shape index (κ3) is 6.01. The van der Waals surface area contributed by atoms with Crippen LogP contribution in [0.4, 0.5) is 5.69 Å². The lowest BCUT2D eigenvalue weighted by atomic mass is 10.2. The minimum absolute atomic E-state index is 0.213. The van der Waals surface area contributed by atoms with Crippen molar-refractivity contribution in [2.45, 2.75) is 0 Å². The van der Waals surface area contributed by atoms with Crippen LogP contribution in [0.3, 0.4) is 0 Å². The molecule has 0 aromatic heterocycles. The Morgan fingerprint density at radius 2 is 1.74 bits per heavy atom. The van der Waals surface area contributed by atoms with Crippen molar-refractivity contribution < 1.29 is 14.3 Å². The Hall–Kier alpha value is -3.05. The normalized spacial score (nSPS) is 9.96. The number of carbonyl (C=O) groups is 2. The van der Waals surface area contributed by atoms with E-state index in [0.29, 0.717) is 23.8 Å². The van der Waals surface area contributed by atoms with Gasteiger partial charge < -0.3 is 15.0 Å². The van der Waals surface area contributed by atoms with Gasteiger partial charge in [-0.15, -0.1) is 13.2 Å². The molecule has 0 unspecified atom stereocenters. The first-order chi connectivity index (χ1) is 13.0. The van der Waals surface area contributed by atoms with Gasteiger partial charge in [-0.25, -0.2) is 0 Å². The average Bonchev–Trinajstić information content (AvgIpc) is 2.67. The maximum atomic E-state index is 12.6. The smallest absolute Gasteiger partial charge is 0.261 e. The first kappa shape index (κ1) is 20.3. The summed E-state index contributed by atoms with van der Waals surface area (Å²) in [5.74, 6) is -0.335. The molecule has 0 aliphatic carbocycles. The lowest BCUT2D eigenvalue weighted by Gasteiger charge is -2.20. The number of hydrogen-bond donors (Lipinski definition) is 1. The monoisotopic (exact) mass is 384 g/mol. The number of halogens is 1. The van der Waals surface area contributed by atoms with E-state index >= 15 is 0 Å². The zero-order chi connectivity index (χ0) is 19.6. The van der Waals surface area contributed by atoms with Crippen LogP contribution in [0, 0.1) is 0 Å². The van der Waals surface area contributed by atoms with Gasteiger partial charge in [-0.1, -0.05) is 42.0 Å². The zero-order valence-corrected chi connectivity index (χ0v) is 15.6. The minimum atomic E-state index is -0.375. The van der Waals surface area contributed by atoms with Gasteiger partial charge in [-0.05, 0) is 30.3 Å². The number of benzene rings is 2. The van der Waals surface area contributed by atoms with Gasteiger partial charge in [-0.3, -0.25) is 9.59 Å². The molecule has 0 aliphatic rings. The SMILES string of the molecule is C=CCN(CC=C)C(=O)COc1ccc(Cl)cc1C(=O)Nc1ccccc1. The molecule has 0 radical (unpaired) electrons. The summed E-state index contributed by atoms with van der Waals surface area (Å²) in [5, 5.41) is 3.17. The Kier molecular flexibility index (Phi) is 7.64. The third-order valence-electron chi connectivity index (χ3n) is 3.62. The number of anilines is 1. The summed E-state index contributed by atoms with van der Waals surface area (Å²) < 4.78 is 5.61. The van der Waals surface area contributed by atoms with Crippen molar-refractivity contribution >= 4 is 29.1 Å². The highest BCUT2D eigenvalue weighted by Crippen LogP contribution is 2.24. The molecule has 27 heavy (non-hydrogen) atoms. The second-order valence-electron chi connectivity index (χ2n) is 5.63. The maximum absolute atomic E-state index is 12.6. The number of nitrogens with zero attached hydrogens (tertiary/aromatic N) is 1. The van der Waals surface area contributed by atoms with Crippen LogP contribution in [0.25, 0.3) is 0 Å². The highest BCUT2D eigenvalue weighted by Gasteiger charge is 2.17. The van der Waals surface area contributed by atoms with E-state index in [2.05, 4.69) is 18.5 Å². The molecule has 0 atom stereocenters. The van der Waals surface area contributed by atoms with Crippen molar-refractivity contribution in [3.63, 3.8) is 0 Å². The summed E-state index contributed by atoms with van der Waals surface area (Å²) in [5.41, 5.74) is 0.894. The quantitative estimate of drug-likeness (QED) is 0.660. The molecule has 0 aliphatic heterocycles. The fraction of sp³-hybridized carbons (Fsp3) is 0.143. The molecular formula is C21H21ClN2O3. The maximum Gasteiger partial charge on any atom is 0.261 e. The minimum Gasteiger partial charge on any atom is -0.483 e. The summed E-state index contributed by atoms with van der Waals surface area (Å²) in [6.07, 6.45) is 3.25. The lowest BCUT2D eigenvalue weighted by molar-refractivity contribution is -0.132. The van der Waals surface area contributed by atoms with E-state index in [-0.39, 0.29) is 29.7 Å². The van der Waals surface area contributed by atoms with Crippen molar-refractivity contribution in [2.24, 2.45) is 0 Å². The van der Waals surface area contributed by atoms with Gasteiger partial charge in [0.1, 0.15) is 5.75 Å². The van der Waals surface area contributed by atoms with Crippen LogP contribution >= 0.6 is 11.6 Å². The number of nitrogens with one attached hydrogen (secondary N) is 1. The van der Waals surface area contributed by atoms with Crippen LogP contribution < -0.4 is 10.1 Å². The summed E-state index contributed by atoms with van der Waals surface area (Å²) in [6.45, 7) is 7.82. The number of hydrogen-bond acceptors (Lipinski definition) is 3. The van der Waals surface area contributed by atoms with Gasteiger partial charge in [0.15, 0.2) is 6.61 Å². The van der Waals surface area contributed by atoms with E-state index in [1.54, 1.807) is 41.3 Å². The third-order valence-corrected chi connectivity index (χ3v) is 3.86. The zero-order valence-electron chi connectivity index (χ0n) is 14.9. The fourth-order valence-electron chi connectivity index (χ4n) is 2.35. The Labute approximate surface area is 163 Å². The van der Waals surface area contributed by atoms with E-state index in [9.17, 15) is 9.59 Å². The topological polar surface area (TPSA) is 58.6 Å². The number of ether oxygens (including phenoxy) is 1. The van der Waals surface area contributed by atoms with Crippen LogP contribution in [0.1, 0.15) is 10.4 Å². The van der Waals surface area contributed by atoms with Gasteiger partial charge >= 0.3 is 0 Å². The van der Waals surface area contributed by atoms with Crippen molar-refractivity contribution in [1.82, 2.24) is 4.90 Å². The molecule has 2 rings (SSSR count). The fourth-order valence-corrected chi connectivity index (χ4v) is 2.52. The standard InChI is InChI=1S/C21H21ClN2O3/c1-3-12-24(13-4-2)20(25)15-27-19-11-10-16(22)14-18(19)21(26)23-17-8-6-5-7-9-17/h3-11,14H,1-2,12-13,15H2,(H,23,26). The van der Waals surface area contributed by atoms with Crippen molar-refractivity contribution in [2.75, 3.05) is 25.0 Å². The molecule has 5 nitrogen and oxygen atoms in total. The molecule has 1 N–H and O–H groups in total. The Bertz CT molecular complexity index is 811. The molecule has 0 saturated heterocycles. The number of para-hydroxylation sites is 1. The summed E-state index contributed by atoms with van der Waals surface area (Å²) in [4.78, 5) is 26.5. The highest BCUT2D eigenvalue weighted by atomic mass is 35.5. The molecule has 140 valence electrons. The molecule has 0 fully saturated rings. The molecule has 6 heteroatoms. The second kappa shape index (κ2) is 10.2. The molecule has 0 saturated carbocycles. The van der Waals surface area contributed by atoms with Crippen molar-refractivity contribution in [1.29, 1.82) is 0 Å². The van der Waals surface area contributed by atoms with E-state index in [1.165, 1.54) is 6.07 Å². The molecule has 2 amide bonds. The van der Waals surface area contributed by atoms with Crippen molar-refractivity contribution in [3.8, 4) is 5.75 Å². The van der Waals surface area contributed by atoms with E-state index in [1.807, 2.05) is 18.2 Å². The molecule has 2 aromatic carbocycles. The molecular weight excluding hydrogens is 364 g/mol. The Morgan fingerprint density at radius 1 is 1.07 bits per heavy atom. The van der Waals surface area contributed by atoms with Gasteiger partial charge in [0.25, 0.3) is 11.8 Å². The molecule has 0 heterocycles. The highest BCUT2D eigenvalue weighted by molar-refractivity contribution is 6.31. The first-order valence-corrected chi connectivity index (χ1v) is 8.71. The van der Waals surface area contributed by atoms with Gasteiger partial charge in [0.2, 0.25) is 0 Å². The van der Waals surface area contributed by atoms with Crippen LogP contribution in [-0.2, 0) is 4.79 Å². The number of carbonyl (C=O) groups excluding carboxylic acids is 2. The van der Waals surface area contributed by atoms with Crippen LogP contribution in [0.15, 0.2) is 73.8 Å². The predicted octanol–water partition coefficient (Wildman–Crippen LogP) is 4.17. The summed E-state index contributed by atoms with van der Waals surface area (Å²) in [7, 11) is 0. The predicted molar refractivity (Wildman–Crippen MR) is 108 cm³/mol.